The molecule has 0 rings (SSSR count). The van der Waals surface area contributed by atoms with E-state index in [0.29, 0.717) is 0 Å². The van der Waals surface area contributed by atoms with E-state index in [9.17, 15) is 0 Å². The van der Waals surface area contributed by atoms with Crippen LogP contribution in [0.15, 0.2) is 48.6 Å². The van der Waals surface area contributed by atoms with E-state index in [1.54, 1.807) is 0 Å². The lowest BCUT2D eigenvalue weighted by Gasteiger charge is -1.95. The zero-order chi connectivity index (χ0) is 11.4. The van der Waals surface area contributed by atoms with Gasteiger partial charge in [-0.15, -0.1) is 6.58 Å². The molecule has 0 spiro atoms. The third kappa shape index (κ3) is 11.0. The lowest BCUT2D eigenvalue weighted by molar-refractivity contribution is 1.13. The fourth-order valence-corrected chi connectivity index (χ4v) is 0.741. The van der Waals surface area contributed by atoms with Crippen LogP contribution >= 0.6 is 0 Å². The molecule has 0 aromatic rings. The molecule has 0 heterocycles. The van der Waals surface area contributed by atoms with Gasteiger partial charge >= 0.3 is 0 Å². The first-order chi connectivity index (χ1) is 6.65. The van der Waals surface area contributed by atoms with Crippen LogP contribution in [-0.4, -0.2) is 0 Å². The summed E-state index contributed by atoms with van der Waals surface area (Å²) in [6.07, 6.45) is 10.2. The summed E-state index contributed by atoms with van der Waals surface area (Å²) >= 11 is 0. The largest absolute Gasteiger partial charge is 0.103 e. The Kier molecular flexibility index (Phi) is 13.2. The quantitative estimate of drug-likeness (QED) is 0.431. The van der Waals surface area contributed by atoms with Crippen LogP contribution in [0.3, 0.4) is 0 Å². The van der Waals surface area contributed by atoms with Crippen molar-refractivity contribution < 1.29 is 0 Å². The number of allylic oxidation sites excluding steroid dienone is 6. The summed E-state index contributed by atoms with van der Waals surface area (Å²) in [5, 5.41) is 0. The summed E-state index contributed by atoms with van der Waals surface area (Å²) in [6, 6.07) is 0. The average Bonchev–Trinajstić information content (AvgIpc) is 2.25. The second-order valence-electron chi connectivity index (χ2n) is 3.01. The van der Waals surface area contributed by atoms with Crippen LogP contribution in [0.4, 0.5) is 0 Å². The van der Waals surface area contributed by atoms with E-state index in [0.717, 1.165) is 12.8 Å². The predicted molar refractivity (Wildman–Crippen MR) is 68.5 cm³/mol. The highest BCUT2D eigenvalue weighted by Crippen LogP contribution is 2.06. The molecular weight excluding hydrogens is 168 g/mol. The topological polar surface area (TPSA) is 0 Å². The molecule has 0 aromatic carbocycles. The van der Waals surface area contributed by atoms with Gasteiger partial charge in [0.2, 0.25) is 0 Å². The van der Waals surface area contributed by atoms with Crippen LogP contribution in [0.1, 0.15) is 40.5 Å². The van der Waals surface area contributed by atoms with Gasteiger partial charge in [-0.05, 0) is 26.7 Å². The maximum atomic E-state index is 3.69. The number of hydrogen-bond donors (Lipinski definition) is 0. The van der Waals surface area contributed by atoms with E-state index < -0.39 is 0 Å². The molecule has 0 aliphatic carbocycles. The smallest absolute Gasteiger partial charge is 0.0311 e. The van der Waals surface area contributed by atoms with Gasteiger partial charge in [-0.3, -0.25) is 0 Å². The summed E-state index contributed by atoms with van der Waals surface area (Å²) in [4.78, 5) is 0. The van der Waals surface area contributed by atoms with Crippen molar-refractivity contribution in [2.45, 2.75) is 40.5 Å². The van der Waals surface area contributed by atoms with Crippen molar-refractivity contribution in [2.75, 3.05) is 0 Å². The first-order valence-corrected chi connectivity index (χ1v) is 5.22. The summed E-state index contributed by atoms with van der Waals surface area (Å²) in [5.74, 6) is 0. The maximum absolute atomic E-state index is 3.69. The third-order valence-electron chi connectivity index (χ3n) is 1.80. The van der Waals surface area contributed by atoms with Gasteiger partial charge in [0, 0.05) is 0 Å². The minimum Gasteiger partial charge on any atom is -0.103 e. The van der Waals surface area contributed by atoms with Crippen molar-refractivity contribution in [1.29, 1.82) is 0 Å². The molecular formula is C14H24. The maximum Gasteiger partial charge on any atom is -0.0311 e. The molecule has 0 aliphatic heterocycles. The van der Waals surface area contributed by atoms with Crippen LogP contribution in [0.5, 0.6) is 0 Å². The molecule has 0 atom stereocenters. The normalized spacial score (nSPS) is 11.4. The minimum atomic E-state index is 1.08. The van der Waals surface area contributed by atoms with Crippen LogP contribution in [0.25, 0.3) is 0 Å². The Morgan fingerprint density at radius 2 is 1.71 bits per heavy atom. The SMILES string of the molecule is C=C/C(C)=C\C(=C/C)CC.C=CCC. The Hall–Kier alpha value is -1.04. The minimum absolute atomic E-state index is 1.08. The van der Waals surface area contributed by atoms with E-state index in [-0.39, 0.29) is 0 Å². The second kappa shape index (κ2) is 12.0. The molecule has 80 valence electrons. The monoisotopic (exact) mass is 192 g/mol. The molecule has 0 amide bonds. The van der Waals surface area contributed by atoms with Gasteiger partial charge in [-0.2, -0.15) is 0 Å². The number of rotatable bonds is 4. The van der Waals surface area contributed by atoms with E-state index in [2.05, 4.69) is 53.0 Å². The van der Waals surface area contributed by atoms with E-state index in [4.69, 9.17) is 0 Å². The van der Waals surface area contributed by atoms with Crippen molar-refractivity contribution in [2.24, 2.45) is 0 Å². The van der Waals surface area contributed by atoms with Crippen LogP contribution in [0.2, 0.25) is 0 Å². The summed E-state index contributed by atoms with van der Waals surface area (Å²) in [7, 11) is 0. The van der Waals surface area contributed by atoms with Crippen molar-refractivity contribution >= 4 is 0 Å². The molecule has 0 aliphatic rings. The molecule has 0 saturated carbocycles. The van der Waals surface area contributed by atoms with Gasteiger partial charge in [0.1, 0.15) is 0 Å². The molecule has 0 fully saturated rings. The molecule has 14 heavy (non-hydrogen) atoms. The Bertz CT molecular complexity index is 204. The second-order valence-corrected chi connectivity index (χ2v) is 3.01. The average molecular weight is 192 g/mol. The molecule has 0 N–H and O–H groups in total. The summed E-state index contributed by atoms with van der Waals surface area (Å²) in [5.41, 5.74) is 2.60. The van der Waals surface area contributed by atoms with E-state index in [1.165, 1.54) is 11.1 Å². The van der Waals surface area contributed by atoms with Gasteiger partial charge in [-0.25, -0.2) is 0 Å². The molecule has 0 nitrogen and oxygen atoms in total. The third-order valence-corrected chi connectivity index (χ3v) is 1.80. The van der Waals surface area contributed by atoms with Crippen LogP contribution in [0, 0.1) is 0 Å². The van der Waals surface area contributed by atoms with E-state index in [1.807, 2.05) is 12.2 Å². The molecule has 0 radical (unpaired) electrons. The first-order valence-electron chi connectivity index (χ1n) is 5.22. The van der Waals surface area contributed by atoms with Crippen molar-refractivity contribution in [1.82, 2.24) is 0 Å². The highest BCUT2D eigenvalue weighted by atomic mass is 13.9. The van der Waals surface area contributed by atoms with Crippen molar-refractivity contribution in [3.05, 3.63) is 48.6 Å². The van der Waals surface area contributed by atoms with Crippen molar-refractivity contribution in [3.8, 4) is 0 Å². The number of hydrogen-bond acceptors (Lipinski definition) is 0. The zero-order valence-electron chi connectivity index (χ0n) is 10.1. The van der Waals surface area contributed by atoms with Gasteiger partial charge in [0.05, 0.1) is 0 Å². The molecule has 0 saturated heterocycles. The Labute approximate surface area is 89.7 Å². The highest BCUT2D eigenvalue weighted by molar-refractivity contribution is 5.26. The first kappa shape index (κ1) is 15.4. The lowest BCUT2D eigenvalue weighted by Crippen LogP contribution is -1.75. The van der Waals surface area contributed by atoms with Crippen molar-refractivity contribution in [3.63, 3.8) is 0 Å². The fraction of sp³-hybridized carbons (Fsp3) is 0.429. The summed E-state index contributed by atoms with van der Waals surface area (Å²) in [6.45, 7) is 15.5. The Morgan fingerprint density at radius 3 is 1.93 bits per heavy atom. The van der Waals surface area contributed by atoms with Crippen LogP contribution < -0.4 is 0 Å². The summed E-state index contributed by atoms with van der Waals surface area (Å²) < 4.78 is 0. The fourth-order valence-electron chi connectivity index (χ4n) is 0.741. The van der Waals surface area contributed by atoms with Crippen LogP contribution in [-0.2, 0) is 0 Å². The molecule has 0 aromatic heterocycles. The molecule has 0 unspecified atom stereocenters. The predicted octanol–water partition coefficient (Wildman–Crippen LogP) is 5.06. The standard InChI is InChI=1S/C10H16.C4H8/c1-5-9(4)8-10(6-2)7-3;1-3-4-2/h5-6,8H,1,7H2,2-4H3;3H,1,4H2,2H3/b9-8-,10-6-;. The van der Waals surface area contributed by atoms with Gasteiger partial charge in [0.15, 0.2) is 0 Å². The Balaban J connectivity index is 0. The zero-order valence-corrected chi connectivity index (χ0v) is 10.1. The van der Waals surface area contributed by atoms with E-state index >= 15 is 0 Å². The highest BCUT2D eigenvalue weighted by Gasteiger charge is 1.85. The Morgan fingerprint density at radius 1 is 1.21 bits per heavy atom. The lowest BCUT2D eigenvalue weighted by atomic mass is 10.1. The molecule has 0 bridgehead atoms. The van der Waals surface area contributed by atoms with Gasteiger partial charge in [0.25, 0.3) is 0 Å². The van der Waals surface area contributed by atoms with Gasteiger partial charge in [-0.1, -0.05) is 55.9 Å². The van der Waals surface area contributed by atoms with Gasteiger partial charge < -0.3 is 0 Å². The molecule has 0 heteroatoms.